The van der Waals surface area contributed by atoms with E-state index in [2.05, 4.69) is 34.2 Å². The normalized spacial score (nSPS) is 11.0. The van der Waals surface area contributed by atoms with Crippen LogP contribution in [0.2, 0.25) is 0 Å². The summed E-state index contributed by atoms with van der Waals surface area (Å²) in [5, 5.41) is 2.90. The minimum atomic E-state index is 0.410. The number of anilines is 1. The topological polar surface area (TPSA) is 61.0 Å². The van der Waals surface area contributed by atoms with Gasteiger partial charge in [0.15, 0.2) is 5.82 Å². The summed E-state index contributed by atoms with van der Waals surface area (Å²) in [6.45, 7) is 1.10. The van der Waals surface area contributed by atoms with Gasteiger partial charge in [-0.15, -0.1) is 11.3 Å². The molecule has 0 spiro atoms. The highest BCUT2D eigenvalue weighted by Gasteiger charge is 2.06. The zero-order valence-corrected chi connectivity index (χ0v) is 12.5. The number of thiophene rings is 1. The smallest absolute Gasteiger partial charge is 0.158 e. The van der Waals surface area contributed by atoms with Gasteiger partial charge in [-0.05, 0) is 29.9 Å². The molecule has 0 atom stereocenters. The molecular weight excluding hydrogens is 282 g/mol. The van der Waals surface area contributed by atoms with E-state index < -0.39 is 0 Å². The second-order valence-electron chi connectivity index (χ2n) is 4.81. The Morgan fingerprint density at radius 3 is 2.81 bits per heavy atom. The standard InChI is InChI=1S/C16H17N3OS/c17-15-13-8-10-21-16(13)19-14(18-15)11-20-9-4-7-12-5-2-1-3-6-12/h1-3,5-6,8,10H,4,7,9,11H2,(H2,17,18,19). The molecule has 0 aliphatic heterocycles. The van der Waals surface area contributed by atoms with Crippen molar-refractivity contribution in [2.75, 3.05) is 12.3 Å². The second-order valence-corrected chi connectivity index (χ2v) is 5.70. The molecule has 2 heterocycles. The molecule has 0 unspecified atom stereocenters. The Morgan fingerprint density at radius 2 is 1.95 bits per heavy atom. The maximum atomic E-state index is 5.91. The third-order valence-corrected chi connectivity index (χ3v) is 4.04. The number of benzene rings is 1. The van der Waals surface area contributed by atoms with Gasteiger partial charge < -0.3 is 10.5 Å². The number of nitrogen functional groups attached to an aromatic ring is 1. The summed E-state index contributed by atoms with van der Waals surface area (Å²) in [4.78, 5) is 9.65. The van der Waals surface area contributed by atoms with Crippen LogP contribution in [0, 0.1) is 0 Å². The third kappa shape index (κ3) is 3.56. The predicted octanol–water partition coefficient (Wildman–Crippen LogP) is 3.42. The lowest BCUT2D eigenvalue weighted by molar-refractivity contribution is 0.113. The van der Waals surface area contributed by atoms with Gasteiger partial charge in [-0.3, -0.25) is 0 Å². The van der Waals surface area contributed by atoms with Gasteiger partial charge in [-0.1, -0.05) is 30.3 Å². The molecule has 0 amide bonds. The molecule has 0 fully saturated rings. The van der Waals surface area contributed by atoms with Gasteiger partial charge in [0.1, 0.15) is 17.3 Å². The monoisotopic (exact) mass is 299 g/mol. The fraction of sp³-hybridized carbons (Fsp3) is 0.250. The number of hydrogen-bond acceptors (Lipinski definition) is 5. The predicted molar refractivity (Wildman–Crippen MR) is 86.2 cm³/mol. The summed E-state index contributed by atoms with van der Waals surface area (Å²) in [5.74, 6) is 1.19. The van der Waals surface area contributed by atoms with E-state index >= 15 is 0 Å². The van der Waals surface area contributed by atoms with Gasteiger partial charge in [0.25, 0.3) is 0 Å². The Hall–Kier alpha value is -1.98. The first kappa shape index (κ1) is 14.0. The Labute approximate surface area is 127 Å². The van der Waals surface area contributed by atoms with E-state index in [4.69, 9.17) is 10.5 Å². The lowest BCUT2D eigenvalue weighted by Gasteiger charge is -2.05. The van der Waals surface area contributed by atoms with E-state index in [1.807, 2.05) is 17.5 Å². The van der Waals surface area contributed by atoms with E-state index in [9.17, 15) is 0 Å². The van der Waals surface area contributed by atoms with Gasteiger partial charge in [0.2, 0.25) is 0 Å². The molecule has 5 heteroatoms. The van der Waals surface area contributed by atoms with E-state index in [0.29, 0.717) is 24.9 Å². The van der Waals surface area contributed by atoms with Gasteiger partial charge in [0, 0.05) is 6.61 Å². The molecule has 21 heavy (non-hydrogen) atoms. The fourth-order valence-electron chi connectivity index (χ4n) is 2.18. The molecule has 1 aromatic carbocycles. The number of hydrogen-bond donors (Lipinski definition) is 1. The molecular formula is C16H17N3OS. The van der Waals surface area contributed by atoms with E-state index in [0.717, 1.165) is 23.1 Å². The molecule has 0 bridgehead atoms. The molecule has 0 saturated heterocycles. The Morgan fingerprint density at radius 1 is 1.10 bits per heavy atom. The summed E-state index contributed by atoms with van der Waals surface area (Å²) in [6, 6.07) is 12.4. The van der Waals surface area contributed by atoms with Crippen LogP contribution in [0.25, 0.3) is 10.2 Å². The SMILES string of the molecule is Nc1nc(COCCCc2ccccc2)nc2sccc12. The highest BCUT2D eigenvalue weighted by atomic mass is 32.1. The Balaban J connectivity index is 1.48. The number of ether oxygens (including phenoxy) is 1. The number of fused-ring (bicyclic) bond motifs is 1. The van der Waals surface area contributed by atoms with Crippen molar-refractivity contribution in [2.45, 2.75) is 19.4 Å². The zero-order valence-electron chi connectivity index (χ0n) is 11.7. The molecule has 2 N–H and O–H groups in total. The molecule has 0 aliphatic carbocycles. The largest absolute Gasteiger partial charge is 0.383 e. The van der Waals surface area contributed by atoms with Crippen LogP contribution >= 0.6 is 11.3 Å². The number of aryl methyl sites for hydroxylation is 1. The molecule has 4 nitrogen and oxygen atoms in total. The van der Waals surface area contributed by atoms with Gasteiger partial charge in [-0.2, -0.15) is 0 Å². The maximum absolute atomic E-state index is 5.91. The lowest BCUT2D eigenvalue weighted by Crippen LogP contribution is -2.03. The summed E-state index contributed by atoms with van der Waals surface area (Å²) in [5.41, 5.74) is 7.24. The van der Waals surface area contributed by atoms with Crippen LogP contribution in [0.15, 0.2) is 41.8 Å². The molecule has 3 rings (SSSR count). The zero-order chi connectivity index (χ0) is 14.5. The van der Waals surface area contributed by atoms with Crippen LogP contribution in [0.3, 0.4) is 0 Å². The van der Waals surface area contributed by atoms with E-state index in [-0.39, 0.29) is 0 Å². The van der Waals surface area contributed by atoms with Crippen molar-refractivity contribution in [3.8, 4) is 0 Å². The molecule has 3 aromatic rings. The molecule has 0 saturated carbocycles. The van der Waals surface area contributed by atoms with Crippen molar-refractivity contribution in [3.05, 3.63) is 53.2 Å². The first-order valence-corrected chi connectivity index (χ1v) is 7.82. The number of rotatable bonds is 6. The first-order valence-electron chi connectivity index (χ1n) is 6.94. The minimum absolute atomic E-state index is 0.410. The number of nitrogens with two attached hydrogens (primary N) is 1. The van der Waals surface area contributed by atoms with Gasteiger partial charge in [0.05, 0.1) is 5.39 Å². The van der Waals surface area contributed by atoms with Crippen LogP contribution in [-0.4, -0.2) is 16.6 Å². The summed E-state index contributed by atoms with van der Waals surface area (Å²) in [7, 11) is 0. The van der Waals surface area contributed by atoms with Crippen molar-refractivity contribution in [3.63, 3.8) is 0 Å². The molecule has 0 aliphatic rings. The van der Waals surface area contributed by atoms with Crippen molar-refractivity contribution in [1.82, 2.24) is 9.97 Å². The minimum Gasteiger partial charge on any atom is -0.383 e. The maximum Gasteiger partial charge on any atom is 0.158 e. The van der Waals surface area contributed by atoms with E-state index in [1.54, 1.807) is 11.3 Å². The molecule has 2 aromatic heterocycles. The highest BCUT2D eigenvalue weighted by Crippen LogP contribution is 2.22. The average Bonchev–Trinajstić information content (AvgIpc) is 2.97. The fourth-order valence-corrected chi connectivity index (χ4v) is 2.97. The van der Waals surface area contributed by atoms with Crippen LogP contribution < -0.4 is 5.73 Å². The summed E-state index contributed by atoms with van der Waals surface area (Å²) < 4.78 is 5.65. The molecule has 108 valence electrons. The lowest BCUT2D eigenvalue weighted by atomic mass is 10.1. The summed E-state index contributed by atoms with van der Waals surface area (Å²) in [6.07, 6.45) is 2.01. The van der Waals surface area contributed by atoms with Gasteiger partial charge >= 0.3 is 0 Å². The van der Waals surface area contributed by atoms with Crippen molar-refractivity contribution in [1.29, 1.82) is 0 Å². The Bertz CT molecular complexity index is 712. The van der Waals surface area contributed by atoms with Crippen molar-refractivity contribution >= 4 is 27.4 Å². The summed E-state index contributed by atoms with van der Waals surface area (Å²) >= 11 is 1.57. The first-order chi connectivity index (χ1) is 10.3. The van der Waals surface area contributed by atoms with Crippen LogP contribution in [-0.2, 0) is 17.8 Å². The average molecular weight is 299 g/mol. The van der Waals surface area contributed by atoms with Crippen LogP contribution in [0.1, 0.15) is 17.8 Å². The quantitative estimate of drug-likeness (QED) is 0.708. The third-order valence-electron chi connectivity index (χ3n) is 3.23. The molecule has 0 radical (unpaired) electrons. The Kier molecular flexibility index (Phi) is 4.43. The van der Waals surface area contributed by atoms with E-state index in [1.165, 1.54) is 5.56 Å². The van der Waals surface area contributed by atoms with Crippen molar-refractivity contribution < 1.29 is 4.74 Å². The van der Waals surface area contributed by atoms with Gasteiger partial charge in [-0.25, -0.2) is 9.97 Å². The number of nitrogens with zero attached hydrogens (tertiary/aromatic N) is 2. The number of aromatic nitrogens is 2. The van der Waals surface area contributed by atoms with Crippen molar-refractivity contribution in [2.24, 2.45) is 0 Å². The van der Waals surface area contributed by atoms with Crippen LogP contribution in [0.5, 0.6) is 0 Å². The second kappa shape index (κ2) is 6.65. The van der Waals surface area contributed by atoms with Crippen LogP contribution in [0.4, 0.5) is 5.82 Å². The highest BCUT2D eigenvalue weighted by molar-refractivity contribution is 7.16.